The molecule has 0 bridgehead atoms. The quantitative estimate of drug-likeness (QED) is 0.373. The molecule has 0 N–H and O–H groups in total. The third-order valence-corrected chi connectivity index (χ3v) is 6.21. The number of carbonyl (C=O) groups is 1. The molecule has 6 heteroatoms. The van der Waals surface area contributed by atoms with Crippen LogP contribution in [0.2, 0.25) is 5.02 Å². The number of nitriles is 1. The van der Waals surface area contributed by atoms with Crippen molar-refractivity contribution in [3.63, 3.8) is 0 Å². The number of benzene rings is 2. The smallest absolute Gasteiger partial charge is 0.316 e. The van der Waals surface area contributed by atoms with E-state index in [0.717, 1.165) is 47.2 Å². The molecule has 0 saturated heterocycles. The van der Waals surface area contributed by atoms with Crippen molar-refractivity contribution in [2.45, 2.75) is 30.9 Å². The second-order valence-corrected chi connectivity index (χ2v) is 8.40. The van der Waals surface area contributed by atoms with E-state index in [9.17, 15) is 10.1 Å². The summed E-state index contributed by atoms with van der Waals surface area (Å²) >= 11 is 7.31. The van der Waals surface area contributed by atoms with Crippen LogP contribution in [0, 0.1) is 11.3 Å². The highest BCUT2D eigenvalue weighted by molar-refractivity contribution is 7.99. The predicted octanol–water partition coefficient (Wildman–Crippen LogP) is 5.60. The fraction of sp³-hybridized carbons (Fsp3) is 0.208. The Morgan fingerprint density at radius 3 is 2.63 bits per heavy atom. The highest BCUT2D eigenvalue weighted by Gasteiger charge is 2.24. The number of carbonyl (C=O) groups excluding carboxylic acids is 1. The summed E-state index contributed by atoms with van der Waals surface area (Å²) < 4.78 is 5.36. The lowest BCUT2D eigenvalue weighted by Gasteiger charge is -2.14. The zero-order chi connectivity index (χ0) is 20.9. The van der Waals surface area contributed by atoms with E-state index in [4.69, 9.17) is 21.3 Å². The van der Waals surface area contributed by atoms with Crippen molar-refractivity contribution in [3.05, 3.63) is 82.0 Å². The van der Waals surface area contributed by atoms with Gasteiger partial charge in [0.15, 0.2) is 0 Å². The number of ether oxygens (including phenoxy) is 1. The molecule has 0 radical (unpaired) electrons. The Morgan fingerprint density at radius 1 is 1.13 bits per heavy atom. The second-order valence-electron chi connectivity index (χ2n) is 7.00. The van der Waals surface area contributed by atoms with Gasteiger partial charge < -0.3 is 4.74 Å². The van der Waals surface area contributed by atoms with Crippen LogP contribution in [-0.4, -0.2) is 16.7 Å². The standard InChI is InChI=1S/C24H19ClN2O2S/c25-18-11-9-17(10-12-18)23-19-7-4-8-21(19)27-24(20(23)13-26)30-15-22(28)29-14-16-5-2-1-3-6-16/h1-3,5-6,9-12H,4,7-8,14-15H2. The number of thioether (sulfide) groups is 1. The van der Waals surface area contributed by atoms with Gasteiger partial charge in [0.1, 0.15) is 17.7 Å². The molecular formula is C24H19ClN2O2S. The first-order valence-electron chi connectivity index (χ1n) is 9.70. The summed E-state index contributed by atoms with van der Waals surface area (Å²) in [5.41, 5.74) is 5.46. The van der Waals surface area contributed by atoms with Gasteiger partial charge in [-0.15, -0.1) is 0 Å². The van der Waals surface area contributed by atoms with Crippen molar-refractivity contribution < 1.29 is 9.53 Å². The average Bonchev–Trinajstić information content (AvgIpc) is 3.24. The number of rotatable bonds is 6. The molecule has 0 saturated carbocycles. The number of esters is 1. The molecule has 0 atom stereocenters. The van der Waals surface area contributed by atoms with E-state index >= 15 is 0 Å². The van der Waals surface area contributed by atoms with E-state index in [0.29, 0.717) is 15.6 Å². The molecule has 150 valence electrons. The molecule has 4 rings (SSSR count). The van der Waals surface area contributed by atoms with E-state index < -0.39 is 0 Å². The van der Waals surface area contributed by atoms with Gasteiger partial charge in [-0.1, -0.05) is 65.8 Å². The van der Waals surface area contributed by atoms with Gasteiger partial charge in [0.25, 0.3) is 0 Å². The molecule has 0 unspecified atom stereocenters. The van der Waals surface area contributed by atoms with Gasteiger partial charge in [-0.05, 0) is 48.1 Å². The zero-order valence-corrected chi connectivity index (χ0v) is 17.8. The maximum atomic E-state index is 12.2. The second kappa shape index (κ2) is 9.34. The fourth-order valence-corrected chi connectivity index (χ4v) is 4.54. The summed E-state index contributed by atoms with van der Waals surface area (Å²) in [4.78, 5) is 17.0. The summed E-state index contributed by atoms with van der Waals surface area (Å²) in [5, 5.41) is 11.2. The Kier molecular flexibility index (Phi) is 6.37. The van der Waals surface area contributed by atoms with Crippen molar-refractivity contribution in [1.82, 2.24) is 4.98 Å². The molecule has 2 aromatic carbocycles. The third-order valence-electron chi connectivity index (χ3n) is 5.00. The Balaban J connectivity index is 1.56. The van der Waals surface area contributed by atoms with Crippen molar-refractivity contribution in [2.75, 3.05) is 5.75 Å². The number of halogens is 1. The molecule has 1 aromatic heterocycles. The van der Waals surface area contributed by atoms with Gasteiger partial charge in [0.2, 0.25) is 0 Å². The molecule has 0 amide bonds. The number of pyridine rings is 1. The number of aromatic nitrogens is 1. The Bertz CT molecular complexity index is 1110. The Labute approximate surface area is 184 Å². The van der Waals surface area contributed by atoms with E-state index in [2.05, 4.69) is 6.07 Å². The first-order chi connectivity index (χ1) is 14.7. The number of fused-ring (bicyclic) bond motifs is 1. The molecule has 1 aliphatic rings. The lowest BCUT2D eigenvalue weighted by Crippen LogP contribution is -2.08. The van der Waals surface area contributed by atoms with E-state index in [-0.39, 0.29) is 18.3 Å². The molecule has 3 aromatic rings. The van der Waals surface area contributed by atoms with Crippen molar-refractivity contribution in [3.8, 4) is 17.2 Å². The third kappa shape index (κ3) is 4.51. The summed E-state index contributed by atoms with van der Waals surface area (Å²) in [7, 11) is 0. The SMILES string of the molecule is N#Cc1c(SCC(=O)OCc2ccccc2)nc2c(c1-c1ccc(Cl)cc1)CCC2. The zero-order valence-electron chi connectivity index (χ0n) is 16.2. The Hall–Kier alpha value is -2.81. The topological polar surface area (TPSA) is 63.0 Å². The molecule has 1 aliphatic carbocycles. The van der Waals surface area contributed by atoms with E-state index in [1.165, 1.54) is 11.8 Å². The highest BCUT2D eigenvalue weighted by Crippen LogP contribution is 2.38. The first kappa shape index (κ1) is 20.5. The van der Waals surface area contributed by atoms with Crippen LogP contribution in [-0.2, 0) is 29.0 Å². The van der Waals surface area contributed by atoms with Gasteiger partial charge in [-0.25, -0.2) is 4.98 Å². The van der Waals surface area contributed by atoms with Gasteiger partial charge in [-0.2, -0.15) is 5.26 Å². The number of hydrogen-bond donors (Lipinski definition) is 0. The summed E-state index contributed by atoms with van der Waals surface area (Å²) in [5.74, 6) is -0.226. The predicted molar refractivity (Wildman–Crippen MR) is 118 cm³/mol. The van der Waals surface area contributed by atoms with Crippen LogP contribution in [0.5, 0.6) is 0 Å². The van der Waals surface area contributed by atoms with E-state index in [1.54, 1.807) is 0 Å². The Morgan fingerprint density at radius 2 is 1.90 bits per heavy atom. The molecular weight excluding hydrogens is 416 g/mol. The minimum atomic E-state index is -0.330. The van der Waals surface area contributed by atoms with Crippen LogP contribution in [0.3, 0.4) is 0 Å². The summed E-state index contributed by atoms with van der Waals surface area (Å²) in [6, 6.07) is 19.4. The first-order valence-corrected chi connectivity index (χ1v) is 11.1. The van der Waals surface area contributed by atoms with Gasteiger partial charge in [0, 0.05) is 16.3 Å². The van der Waals surface area contributed by atoms with Gasteiger partial charge in [0.05, 0.1) is 11.3 Å². The van der Waals surface area contributed by atoms with Crippen LogP contribution < -0.4 is 0 Å². The molecule has 0 fully saturated rings. The summed E-state index contributed by atoms with van der Waals surface area (Å²) in [6.07, 6.45) is 2.80. The largest absolute Gasteiger partial charge is 0.460 e. The number of hydrogen-bond acceptors (Lipinski definition) is 5. The average molecular weight is 435 g/mol. The molecule has 0 aliphatic heterocycles. The van der Waals surface area contributed by atoms with Crippen LogP contribution >= 0.6 is 23.4 Å². The van der Waals surface area contributed by atoms with Crippen LogP contribution in [0.15, 0.2) is 59.6 Å². The monoisotopic (exact) mass is 434 g/mol. The van der Waals surface area contributed by atoms with Gasteiger partial charge >= 0.3 is 5.97 Å². The number of nitrogens with zero attached hydrogens (tertiary/aromatic N) is 2. The van der Waals surface area contributed by atoms with Crippen LogP contribution in [0.25, 0.3) is 11.1 Å². The minimum absolute atomic E-state index is 0.105. The maximum Gasteiger partial charge on any atom is 0.316 e. The minimum Gasteiger partial charge on any atom is -0.460 e. The summed E-state index contributed by atoms with van der Waals surface area (Å²) in [6.45, 7) is 0.235. The maximum absolute atomic E-state index is 12.2. The number of aryl methyl sites for hydroxylation is 1. The van der Waals surface area contributed by atoms with Crippen LogP contribution in [0.4, 0.5) is 0 Å². The normalized spacial score (nSPS) is 12.3. The molecule has 1 heterocycles. The molecule has 4 nitrogen and oxygen atoms in total. The molecule has 30 heavy (non-hydrogen) atoms. The highest BCUT2D eigenvalue weighted by atomic mass is 35.5. The van der Waals surface area contributed by atoms with Crippen molar-refractivity contribution >= 4 is 29.3 Å². The van der Waals surface area contributed by atoms with Crippen molar-refractivity contribution in [1.29, 1.82) is 5.26 Å². The van der Waals surface area contributed by atoms with Crippen LogP contribution in [0.1, 0.15) is 28.8 Å². The van der Waals surface area contributed by atoms with E-state index in [1.807, 2.05) is 54.6 Å². The fourth-order valence-electron chi connectivity index (χ4n) is 3.61. The molecule has 0 spiro atoms. The van der Waals surface area contributed by atoms with Gasteiger partial charge in [-0.3, -0.25) is 4.79 Å². The lowest BCUT2D eigenvalue weighted by molar-refractivity contribution is -0.141. The lowest BCUT2D eigenvalue weighted by atomic mass is 9.95. The van der Waals surface area contributed by atoms with Crippen molar-refractivity contribution in [2.24, 2.45) is 0 Å².